The molecule has 0 fully saturated rings. The Bertz CT molecular complexity index is 262. The second kappa shape index (κ2) is 9.77. The number of carbonyl (C=O) groups is 1. The second-order valence-electron chi connectivity index (χ2n) is 2.20. The summed E-state index contributed by atoms with van der Waals surface area (Å²) in [6, 6.07) is 8.30. The molecule has 4 heteroatoms. The minimum Gasteiger partial charge on any atom is -0.478 e. The Morgan fingerprint density at radius 1 is 1.43 bits per heavy atom. The Kier molecular flexibility index (Phi) is 10.6. The maximum atomic E-state index is 10.2. The van der Waals surface area contributed by atoms with Gasteiger partial charge in [-0.1, -0.05) is 24.3 Å². The highest BCUT2D eigenvalue weighted by atomic mass is 35.5. The molecule has 0 aliphatic heterocycles. The smallest absolute Gasteiger partial charge is 0.335 e. The lowest BCUT2D eigenvalue weighted by molar-refractivity contribution is 0.0697. The molecule has 3 N–H and O–H groups in total. The third-order valence-corrected chi connectivity index (χ3v) is 1.19. The topological polar surface area (TPSA) is 63.3 Å². The van der Waals surface area contributed by atoms with E-state index in [2.05, 4.69) is 6.58 Å². The van der Waals surface area contributed by atoms with E-state index in [0.29, 0.717) is 12.1 Å². The van der Waals surface area contributed by atoms with E-state index in [0.717, 1.165) is 0 Å². The summed E-state index contributed by atoms with van der Waals surface area (Å²) in [5, 5.41) is 8.38. The molecule has 0 spiro atoms. The molecule has 0 unspecified atom stereocenters. The van der Waals surface area contributed by atoms with Crippen molar-refractivity contribution < 1.29 is 9.90 Å². The summed E-state index contributed by atoms with van der Waals surface area (Å²) < 4.78 is 0. The van der Waals surface area contributed by atoms with E-state index in [1.807, 2.05) is 0 Å². The number of hydrogen-bond donors (Lipinski definition) is 2. The van der Waals surface area contributed by atoms with Crippen LogP contribution in [-0.2, 0) is 0 Å². The van der Waals surface area contributed by atoms with E-state index < -0.39 is 5.97 Å². The highest BCUT2D eigenvalue weighted by molar-refractivity contribution is 5.87. The highest BCUT2D eigenvalue weighted by Gasteiger charge is 1.96. The van der Waals surface area contributed by atoms with E-state index in [1.54, 1.807) is 36.4 Å². The lowest BCUT2D eigenvalue weighted by Crippen LogP contribution is -1.93. The molecule has 1 aromatic rings. The van der Waals surface area contributed by atoms with Crippen molar-refractivity contribution in [2.24, 2.45) is 5.73 Å². The van der Waals surface area contributed by atoms with Crippen LogP contribution in [0.1, 0.15) is 10.4 Å². The number of aromatic carboxylic acids is 1. The van der Waals surface area contributed by atoms with Crippen LogP contribution in [0.5, 0.6) is 0 Å². The van der Waals surface area contributed by atoms with Crippen LogP contribution in [0, 0.1) is 0 Å². The number of hydrogen-bond acceptors (Lipinski definition) is 2. The quantitative estimate of drug-likeness (QED) is 0.742. The first-order chi connectivity index (χ1) is 6.22. The fourth-order valence-electron chi connectivity index (χ4n) is 0.581. The third kappa shape index (κ3) is 7.34. The molecule has 0 radical (unpaired) electrons. The molecule has 0 bridgehead atoms. The minimum atomic E-state index is -0.879. The largest absolute Gasteiger partial charge is 0.478 e. The van der Waals surface area contributed by atoms with E-state index in [1.165, 1.54) is 0 Å². The SMILES string of the molecule is C=CCN.Cl.O=C(O)c1ccccc1. The van der Waals surface area contributed by atoms with Gasteiger partial charge in [0.1, 0.15) is 0 Å². The van der Waals surface area contributed by atoms with Crippen molar-refractivity contribution in [2.75, 3.05) is 6.54 Å². The summed E-state index contributed by atoms with van der Waals surface area (Å²) in [5.74, 6) is -0.879. The monoisotopic (exact) mass is 215 g/mol. The van der Waals surface area contributed by atoms with Crippen molar-refractivity contribution >= 4 is 18.4 Å². The second-order valence-corrected chi connectivity index (χ2v) is 2.20. The fraction of sp³-hybridized carbons (Fsp3) is 0.100. The lowest BCUT2D eigenvalue weighted by Gasteiger charge is -1.88. The molecule has 14 heavy (non-hydrogen) atoms. The molecular weight excluding hydrogens is 202 g/mol. The molecule has 1 rings (SSSR count). The molecule has 78 valence electrons. The zero-order valence-corrected chi connectivity index (χ0v) is 8.54. The first-order valence-corrected chi connectivity index (χ1v) is 3.81. The molecule has 0 amide bonds. The predicted octanol–water partition coefficient (Wildman–Crippen LogP) is 1.94. The first-order valence-electron chi connectivity index (χ1n) is 3.81. The number of halogens is 1. The van der Waals surface area contributed by atoms with Crippen LogP contribution >= 0.6 is 12.4 Å². The van der Waals surface area contributed by atoms with Crippen LogP contribution in [0.25, 0.3) is 0 Å². The standard InChI is InChI=1S/C7H6O2.C3H7N.ClH/c8-7(9)6-4-2-1-3-5-6;1-2-3-4;/h1-5H,(H,8,9);2H,1,3-4H2;1H. The minimum absolute atomic E-state index is 0. The first kappa shape index (κ1) is 15.2. The summed E-state index contributed by atoms with van der Waals surface area (Å²) in [7, 11) is 0. The van der Waals surface area contributed by atoms with E-state index in [-0.39, 0.29) is 12.4 Å². The van der Waals surface area contributed by atoms with Gasteiger partial charge in [-0.25, -0.2) is 4.79 Å². The van der Waals surface area contributed by atoms with Crippen LogP contribution in [0.3, 0.4) is 0 Å². The number of nitrogens with two attached hydrogens (primary N) is 1. The molecule has 0 aromatic heterocycles. The molecule has 0 aliphatic carbocycles. The van der Waals surface area contributed by atoms with E-state index in [4.69, 9.17) is 10.8 Å². The van der Waals surface area contributed by atoms with Crippen molar-refractivity contribution in [1.29, 1.82) is 0 Å². The molecule has 0 heterocycles. The molecule has 3 nitrogen and oxygen atoms in total. The van der Waals surface area contributed by atoms with Gasteiger partial charge in [0.2, 0.25) is 0 Å². The zero-order chi connectivity index (χ0) is 10.1. The summed E-state index contributed by atoms with van der Waals surface area (Å²) in [4.78, 5) is 10.2. The van der Waals surface area contributed by atoms with Gasteiger partial charge in [0.15, 0.2) is 0 Å². The van der Waals surface area contributed by atoms with Gasteiger partial charge in [-0.15, -0.1) is 19.0 Å². The maximum Gasteiger partial charge on any atom is 0.335 e. The van der Waals surface area contributed by atoms with Gasteiger partial charge in [-0.05, 0) is 12.1 Å². The Morgan fingerprint density at radius 2 is 1.86 bits per heavy atom. The van der Waals surface area contributed by atoms with Gasteiger partial charge in [-0.3, -0.25) is 0 Å². The lowest BCUT2D eigenvalue weighted by atomic mass is 10.2. The summed E-state index contributed by atoms with van der Waals surface area (Å²) in [6.45, 7) is 3.94. The normalized spacial score (nSPS) is 7.50. The van der Waals surface area contributed by atoms with Crippen LogP contribution in [-0.4, -0.2) is 17.6 Å². The molecule has 0 atom stereocenters. The van der Waals surface area contributed by atoms with Crippen molar-refractivity contribution in [3.05, 3.63) is 48.6 Å². The number of rotatable bonds is 2. The fourth-order valence-corrected chi connectivity index (χ4v) is 0.581. The van der Waals surface area contributed by atoms with Crippen LogP contribution in [0.4, 0.5) is 0 Å². The predicted molar refractivity (Wildman–Crippen MR) is 59.9 cm³/mol. The zero-order valence-electron chi connectivity index (χ0n) is 7.72. The molecular formula is C10H14ClNO2. The van der Waals surface area contributed by atoms with Gasteiger partial charge in [0.05, 0.1) is 5.56 Å². The van der Waals surface area contributed by atoms with Crippen molar-refractivity contribution in [1.82, 2.24) is 0 Å². The highest BCUT2D eigenvalue weighted by Crippen LogP contribution is 1.96. The van der Waals surface area contributed by atoms with Gasteiger partial charge in [0.25, 0.3) is 0 Å². The third-order valence-electron chi connectivity index (χ3n) is 1.19. The van der Waals surface area contributed by atoms with Crippen LogP contribution in [0.2, 0.25) is 0 Å². The van der Waals surface area contributed by atoms with Crippen molar-refractivity contribution in [3.63, 3.8) is 0 Å². The van der Waals surface area contributed by atoms with Gasteiger partial charge >= 0.3 is 5.97 Å². The Balaban J connectivity index is 0. The van der Waals surface area contributed by atoms with Crippen molar-refractivity contribution in [3.8, 4) is 0 Å². The van der Waals surface area contributed by atoms with Gasteiger partial charge in [0, 0.05) is 6.54 Å². The number of carboxylic acid groups (broad SMARTS) is 1. The van der Waals surface area contributed by atoms with Gasteiger partial charge in [-0.2, -0.15) is 0 Å². The number of benzene rings is 1. The van der Waals surface area contributed by atoms with E-state index >= 15 is 0 Å². The van der Waals surface area contributed by atoms with Crippen LogP contribution in [0.15, 0.2) is 43.0 Å². The number of carboxylic acids is 1. The molecule has 1 aromatic carbocycles. The van der Waals surface area contributed by atoms with Crippen molar-refractivity contribution in [2.45, 2.75) is 0 Å². The Hall–Kier alpha value is -1.32. The summed E-state index contributed by atoms with van der Waals surface area (Å²) in [6.07, 6.45) is 1.65. The van der Waals surface area contributed by atoms with E-state index in [9.17, 15) is 4.79 Å². The Morgan fingerprint density at radius 3 is 2.07 bits per heavy atom. The maximum absolute atomic E-state index is 10.2. The Labute approximate surface area is 89.7 Å². The average Bonchev–Trinajstić information content (AvgIpc) is 2.19. The molecule has 0 aliphatic rings. The average molecular weight is 216 g/mol. The van der Waals surface area contributed by atoms with Crippen LogP contribution < -0.4 is 5.73 Å². The van der Waals surface area contributed by atoms with Gasteiger partial charge < -0.3 is 10.8 Å². The summed E-state index contributed by atoms with van der Waals surface area (Å²) in [5.41, 5.74) is 5.24. The molecule has 0 saturated heterocycles. The molecule has 0 saturated carbocycles. The summed E-state index contributed by atoms with van der Waals surface area (Å²) >= 11 is 0.